The number of carboxylic acids is 1. The molecule has 1 unspecified atom stereocenters. The smallest absolute Gasteiger partial charge is 0.310 e. The number of nitrogen functional groups attached to an aromatic ring is 2. The first-order chi connectivity index (χ1) is 14.7. The monoisotopic (exact) mass is 421 g/mol. The van der Waals surface area contributed by atoms with Crippen molar-refractivity contribution in [2.45, 2.75) is 25.9 Å². The maximum atomic E-state index is 12.5. The van der Waals surface area contributed by atoms with Gasteiger partial charge in [-0.3, -0.25) is 20.4 Å². The van der Waals surface area contributed by atoms with Crippen molar-refractivity contribution >= 4 is 34.5 Å². The van der Waals surface area contributed by atoms with Crippen molar-refractivity contribution in [3.05, 3.63) is 59.2 Å². The molecule has 0 spiro atoms. The molecule has 31 heavy (non-hydrogen) atoms. The molecule has 9 heteroatoms. The minimum atomic E-state index is -1.05. The van der Waals surface area contributed by atoms with E-state index in [0.29, 0.717) is 27.9 Å². The average Bonchev–Trinajstić information content (AvgIpc) is 3.04. The topological polar surface area (TPSA) is 179 Å². The number of aromatic nitrogens is 1. The van der Waals surface area contributed by atoms with Crippen molar-refractivity contribution in [1.29, 1.82) is 10.8 Å². The number of carboxylic acid groups (broad SMARTS) is 1. The molecule has 160 valence electrons. The van der Waals surface area contributed by atoms with Crippen molar-refractivity contribution < 1.29 is 19.4 Å². The number of rotatable bonds is 8. The van der Waals surface area contributed by atoms with Crippen LogP contribution in [0.15, 0.2) is 42.5 Å². The van der Waals surface area contributed by atoms with Crippen molar-refractivity contribution in [2.24, 2.45) is 11.5 Å². The quantitative estimate of drug-likeness (QED) is 0.184. The molecule has 0 aliphatic heterocycles. The number of aromatic amines is 1. The van der Waals surface area contributed by atoms with E-state index < -0.39 is 18.0 Å². The van der Waals surface area contributed by atoms with E-state index in [4.69, 9.17) is 32.1 Å². The molecule has 0 bridgehead atoms. The van der Waals surface area contributed by atoms with Gasteiger partial charge in [-0.1, -0.05) is 36.4 Å². The van der Waals surface area contributed by atoms with Gasteiger partial charge in [0.15, 0.2) is 0 Å². The van der Waals surface area contributed by atoms with Crippen LogP contribution in [0.2, 0.25) is 0 Å². The minimum absolute atomic E-state index is 0.0504. The van der Waals surface area contributed by atoms with E-state index in [0.717, 1.165) is 10.9 Å². The highest BCUT2D eigenvalue weighted by molar-refractivity contribution is 6.01. The Bertz CT molecular complexity index is 1180. The summed E-state index contributed by atoms with van der Waals surface area (Å²) in [6.45, 7) is 1.53. The van der Waals surface area contributed by atoms with Gasteiger partial charge in [-0.05, 0) is 24.1 Å². The number of benzene rings is 2. The van der Waals surface area contributed by atoms with Gasteiger partial charge in [-0.25, -0.2) is 0 Å². The fraction of sp³-hybridized carbons (Fsp3) is 0.182. The Hall–Kier alpha value is -4.14. The van der Waals surface area contributed by atoms with Gasteiger partial charge in [-0.15, -0.1) is 0 Å². The fourth-order valence-corrected chi connectivity index (χ4v) is 3.37. The van der Waals surface area contributed by atoms with Crippen LogP contribution in [-0.4, -0.2) is 39.8 Å². The second-order valence-corrected chi connectivity index (χ2v) is 7.22. The van der Waals surface area contributed by atoms with Gasteiger partial charge in [0.2, 0.25) is 0 Å². The molecule has 9 nitrogen and oxygen atoms in total. The average molecular weight is 421 g/mol. The molecule has 8 N–H and O–H groups in total. The number of amidine groups is 2. The first-order valence-electron chi connectivity index (χ1n) is 9.50. The van der Waals surface area contributed by atoms with E-state index in [9.17, 15) is 9.59 Å². The molecule has 1 atom stereocenters. The number of nitrogens with two attached hydrogens (primary N) is 2. The summed E-state index contributed by atoms with van der Waals surface area (Å²) in [5.41, 5.74) is 15.0. The number of ether oxygens (including phenoxy) is 1. The van der Waals surface area contributed by atoms with E-state index in [2.05, 4.69) is 4.98 Å². The van der Waals surface area contributed by atoms with Crippen LogP contribution in [0.1, 0.15) is 30.0 Å². The predicted octanol–water partition coefficient (Wildman–Crippen LogP) is 2.35. The lowest BCUT2D eigenvalue weighted by Crippen LogP contribution is -2.19. The van der Waals surface area contributed by atoms with Gasteiger partial charge >= 0.3 is 11.9 Å². The summed E-state index contributed by atoms with van der Waals surface area (Å²) in [5.74, 6) is -1.72. The Balaban J connectivity index is 2.03. The van der Waals surface area contributed by atoms with E-state index in [1.165, 1.54) is 6.92 Å². The molecule has 0 saturated heterocycles. The van der Waals surface area contributed by atoms with Gasteiger partial charge < -0.3 is 26.3 Å². The Morgan fingerprint density at radius 1 is 1.06 bits per heavy atom. The fourth-order valence-electron chi connectivity index (χ4n) is 3.37. The van der Waals surface area contributed by atoms with Crippen LogP contribution in [-0.2, 0) is 20.7 Å². The number of H-pyrrole nitrogens is 1. The molecule has 1 heterocycles. The lowest BCUT2D eigenvalue weighted by molar-refractivity contribution is -0.151. The number of hydrogen-bond acceptors (Lipinski definition) is 5. The highest BCUT2D eigenvalue weighted by atomic mass is 16.5. The lowest BCUT2D eigenvalue weighted by atomic mass is 10.0. The van der Waals surface area contributed by atoms with Crippen molar-refractivity contribution in [3.8, 4) is 11.3 Å². The van der Waals surface area contributed by atoms with Crippen LogP contribution in [0.25, 0.3) is 22.2 Å². The number of esters is 1. The highest BCUT2D eigenvalue weighted by Gasteiger charge is 2.20. The summed E-state index contributed by atoms with van der Waals surface area (Å²) in [4.78, 5) is 26.6. The molecular weight excluding hydrogens is 398 g/mol. The predicted molar refractivity (Wildman–Crippen MR) is 117 cm³/mol. The van der Waals surface area contributed by atoms with Gasteiger partial charge in [0.1, 0.15) is 17.8 Å². The van der Waals surface area contributed by atoms with Gasteiger partial charge in [0.25, 0.3) is 0 Å². The number of carbonyl (C=O) groups is 2. The van der Waals surface area contributed by atoms with E-state index >= 15 is 0 Å². The molecular formula is C22H23N5O4. The summed E-state index contributed by atoms with van der Waals surface area (Å²) in [5, 5.41) is 24.8. The van der Waals surface area contributed by atoms with Gasteiger partial charge in [-0.2, -0.15) is 0 Å². The number of carbonyl (C=O) groups excluding carboxylic acids is 1. The van der Waals surface area contributed by atoms with Crippen LogP contribution in [0.4, 0.5) is 0 Å². The largest absolute Gasteiger partial charge is 0.481 e. The molecule has 0 radical (unpaired) electrons. The van der Waals surface area contributed by atoms with Crippen LogP contribution in [0.5, 0.6) is 0 Å². The molecule has 3 rings (SSSR count). The van der Waals surface area contributed by atoms with E-state index in [-0.39, 0.29) is 24.5 Å². The van der Waals surface area contributed by atoms with Crippen molar-refractivity contribution in [3.63, 3.8) is 0 Å². The normalized spacial score (nSPS) is 11.8. The zero-order valence-electron chi connectivity index (χ0n) is 16.9. The zero-order chi connectivity index (χ0) is 22.7. The van der Waals surface area contributed by atoms with Crippen LogP contribution >= 0.6 is 0 Å². The third-order valence-electron chi connectivity index (χ3n) is 4.82. The Labute approximate surface area is 178 Å². The third kappa shape index (κ3) is 4.89. The molecule has 0 aliphatic carbocycles. The van der Waals surface area contributed by atoms with E-state index in [1.54, 1.807) is 42.5 Å². The van der Waals surface area contributed by atoms with Crippen LogP contribution < -0.4 is 11.5 Å². The van der Waals surface area contributed by atoms with Crippen LogP contribution in [0.3, 0.4) is 0 Å². The molecule has 0 fully saturated rings. The van der Waals surface area contributed by atoms with Crippen molar-refractivity contribution in [2.75, 3.05) is 0 Å². The second-order valence-electron chi connectivity index (χ2n) is 7.22. The summed E-state index contributed by atoms with van der Waals surface area (Å²) >= 11 is 0. The number of hydrogen-bond donors (Lipinski definition) is 6. The summed E-state index contributed by atoms with van der Waals surface area (Å²) < 4.78 is 5.25. The summed E-state index contributed by atoms with van der Waals surface area (Å²) in [6, 6.07) is 12.2. The molecule has 2 aromatic carbocycles. The minimum Gasteiger partial charge on any atom is -0.481 e. The summed E-state index contributed by atoms with van der Waals surface area (Å²) in [7, 11) is 0. The molecule has 3 aromatic rings. The maximum absolute atomic E-state index is 12.5. The molecule has 1 aromatic heterocycles. The Morgan fingerprint density at radius 2 is 1.68 bits per heavy atom. The molecule has 0 aliphatic rings. The van der Waals surface area contributed by atoms with Crippen molar-refractivity contribution in [1.82, 2.24) is 4.98 Å². The number of aliphatic carboxylic acids is 1. The third-order valence-corrected chi connectivity index (χ3v) is 4.82. The van der Waals surface area contributed by atoms with Gasteiger partial charge in [0.05, 0.1) is 18.5 Å². The standard InChI is InChI=1S/C22H23N5O4/c1-11(8-18(28)29)31-19(30)10-16-15-7-6-14(22(25)26)9-17(15)27-20(16)12-2-4-13(5-3-12)21(23)24/h2-7,9,11,27H,8,10H2,1H3,(H3,23,24)(H3,25,26)(H,28,29). The summed E-state index contributed by atoms with van der Waals surface area (Å²) in [6.07, 6.45) is -1.11. The first-order valence-corrected chi connectivity index (χ1v) is 9.50. The lowest BCUT2D eigenvalue weighted by Gasteiger charge is -2.12. The number of nitrogens with one attached hydrogen (secondary N) is 3. The maximum Gasteiger partial charge on any atom is 0.310 e. The zero-order valence-corrected chi connectivity index (χ0v) is 16.9. The molecule has 0 saturated carbocycles. The Kier molecular flexibility index (Phi) is 6.05. The van der Waals surface area contributed by atoms with E-state index in [1.807, 2.05) is 0 Å². The SMILES string of the molecule is CC(CC(=O)O)OC(=O)Cc1c(-c2ccc(C(=N)N)cc2)[nH]c2cc(C(=N)N)ccc12. The van der Waals surface area contributed by atoms with Crippen LogP contribution in [0, 0.1) is 10.8 Å². The number of fused-ring (bicyclic) bond motifs is 1. The highest BCUT2D eigenvalue weighted by Crippen LogP contribution is 2.32. The molecule has 0 amide bonds. The second kappa shape index (κ2) is 8.70. The van der Waals surface area contributed by atoms with Gasteiger partial charge in [0, 0.05) is 22.0 Å². The Morgan fingerprint density at radius 3 is 2.26 bits per heavy atom. The first kappa shape index (κ1) is 21.6.